The molecule has 0 saturated heterocycles. The van der Waals surface area contributed by atoms with Gasteiger partial charge in [-0.15, -0.1) is 10.2 Å². The molecule has 1 aromatic heterocycles. The summed E-state index contributed by atoms with van der Waals surface area (Å²) in [5.74, 6) is 0.757. The van der Waals surface area contributed by atoms with Crippen LogP contribution in [-0.2, 0) is 0 Å². The fraction of sp³-hybridized carbons (Fsp3) is 0.765. The van der Waals surface area contributed by atoms with Crippen molar-refractivity contribution in [2.75, 3.05) is 6.26 Å². The molecule has 2 saturated carbocycles. The first-order valence-electron chi connectivity index (χ1n) is 8.87. The second kappa shape index (κ2) is 8.08. The lowest BCUT2D eigenvalue weighted by molar-refractivity contribution is 0.421. The number of hydrogen-bond acceptors (Lipinski definition) is 5. The van der Waals surface area contributed by atoms with Crippen LogP contribution in [0.2, 0.25) is 0 Å². The Balaban J connectivity index is 1.87. The first-order valence-corrected chi connectivity index (χ1v) is 10.1. The summed E-state index contributed by atoms with van der Waals surface area (Å²) < 4.78 is 1.48. The van der Waals surface area contributed by atoms with Gasteiger partial charge in [0.15, 0.2) is 0 Å². The van der Waals surface area contributed by atoms with E-state index >= 15 is 0 Å². The third-order valence-electron chi connectivity index (χ3n) is 5.05. The summed E-state index contributed by atoms with van der Waals surface area (Å²) in [7, 11) is 0. The molecule has 0 unspecified atom stereocenters. The van der Waals surface area contributed by atoms with Crippen molar-refractivity contribution in [2.45, 2.75) is 75.3 Å². The summed E-state index contributed by atoms with van der Waals surface area (Å²) in [6.07, 6.45) is 15.8. The summed E-state index contributed by atoms with van der Waals surface area (Å²) in [5, 5.41) is 13.6. The largest absolute Gasteiger partial charge is 0.297 e. The van der Waals surface area contributed by atoms with E-state index in [0.29, 0.717) is 16.8 Å². The molecule has 0 bridgehead atoms. The molecule has 6 heteroatoms. The first-order chi connectivity index (χ1) is 11.3. The van der Waals surface area contributed by atoms with Gasteiger partial charge in [0.2, 0.25) is 5.16 Å². The molecule has 0 aliphatic heterocycles. The highest BCUT2D eigenvalue weighted by Crippen LogP contribution is 2.30. The fourth-order valence-electron chi connectivity index (χ4n) is 3.68. The highest BCUT2D eigenvalue weighted by Gasteiger charge is 2.23. The molecule has 0 aromatic carbocycles. The number of aromatic nitrogens is 3. The minimum Gasteiger partial charge on any atom is -0.265 e. The van der Waals surface area contributed by atoms with E-state index < -0.39 is 0 Å². The quantitative estimate of drug-likeness (QED) is 0.620. The molecular formula is C17H26N4OS. The van der Waals surface area contributed by atoms with E-state index in [-0.39, 0.29) is 11.5 Å². The second-order valence-corrected chi connectivity index (χ2v) is 7.46. The Labute approximate surface area is 142 Å². The number of nitrogens with zero attached hydrogens (tertiary/aromatic N) is 4. The molecule has 2 fully saturated rings. The van der Waals surface area contributed by atoms with Gasteiger partial charge in [-0.2, -0.15) is 9.78 Å². The highest BCUT2D eigenvalue weighted by molar-refractivity contribution is 7.98. The molecule has 5 nitrogen and oxygen atoms in total. The Morgan fingerprint density at radius 1 is 1.04 bits per heavy atom. The average Bonchev–Trinajstić information content (AvgIpc) is 2.62. The zero-order valence-corrected chi connectivity index (χ0v) is 14.7. The van der Waals surface area contributed by atoms with Crippen molar-refractivity contribution in [3.63, 3.8) is 0 Å². The van der Waals surface area contributed by atoms with Crippen LogP contribution in [0.25, 0.3) is 0 Å². The Bertz CT molecular complexity index is 601. The van der Waals surface area contributed by atoms with Gasteiger partial charge in [0, 0.05) is 12.1 Å². The molecule has 1 aromatic rings. The van der Waals surface area contributed by atoms with Crippen LogP contribution in [0.4, 0.5) is 0 Å². The van der Waals surface area contributed by atoms with Crippen molar-refractivity contribution < 1.29 is 0 Å². The molecule has 2 aliphatic carbocycles. The smallest absolute Gasteiger partial charge is 0.265 e. The van der Waals surface area contributed by atoms with Crippen molar-refractivity contribution in [1.29, 1.82) is 0 Å². The molecular weight excluding hydrogens is 308 g/mol. The van der Waals surface area contributed by atoms with Gasteiger partial charge in [-0.05, 0) is 37.9 Å². The molecule has 0 radical (unpaired) electrons. The summed E-state index contributed by atoms with van der Waals surface area (Å²) in [4.78, 5) is 12.9. The van der Waals surface area contributed by atoms with Gasteiger partial charge in [0.25, 0.3) is 5.56 Å². The monoisotopic (exact) mass is 334 g/mol. The van der Waals surface area contributed by atoms with Gasteiger partial charge in [-0.1, -0.05) is 50.3 Å². The van der Waals surface area contributed by atoms with Crippen LogP contribution < -0.4 is 5.56 Å². The zero-order valence-electron chi connectivity index (χ0n) is 13.9. The van der Waals surface area contributed by atoms with Crippen LogP contribution in [0.5, 0.6) is 0 Å². The summed E-state index contributed by atoms with van der Waals surface area (Å²) >= 11 is 1.43. The third kappa shape index (κ3) is 4.03. The third-order valence-corrected chi connectivity index (χ3v) is 5.67. The summed E-state index contributed by atoms with van der Waals surface area (Å²) in [6.45, 7) is 0. The average molecular weight is 334 g/mol. The Morgan fingerprint density at radius 2 is 1.70 bits per heavy atom. The number of thioether (sulfide) groups is 1. The Morgan fingerprint density at radius 3 is 2.35 bits per heavy atom. The SMILES string of the molecule is CSc1nnc(C2CCCCC2)c(=O)n1N=CC1CCCCC1. The van der Waals surface area contributed by atoms with E-state index in [1.165, 1.54) is 67.8 Å². The number of rotatable bonds is 4. The van der Waals surface area contributed by atoms with Gasteiger partial charge in [-0.25, -0.2) is 0 Å². The summed E-state index contributed by atoms with van der Waals surface area (Å²) in [5.41, 5.74) is 0.548. The van der Waals surface area contributed by atoms with Crippen LogP contribution in [-0.4, -0.2) is 27.3 Å². The van der Waals surface area contributed by atoms with E-state index in [1.807, 2.05) is 12.5 Å². The number of hydrogen-bond donors (Lipinski definition) is 0. The lowest BCUT2D eigenvalue weighted by Gasteiger charge is -2.20. The van der Waals surface area contributed by atoms with Gasteiger partial charge in [0.05, 0.1) is 0 Å². The maximum absolute atomic E-state index is 12.9. The second-order valence-electron chi connectivity index (χ2n) is 6.69. The van der Waals surface area contributed by atoms with Crippen molar-refractivity contribution in [3.05, 3.63) is 16.0 Å². The molecule has 2 aliphatic rings. The molecule has 0 atom stereocenters. The van der Waals surface area contributed by atoms with E-state index in [9.17, 15) is 4.79 Å². The zero-order chi connectivity index (χ0) is 16.1. The minimum atomic E-state index is -0.0664. The van der Waals surface area contributed by atoms with E-state index in [2.05, 4.69) is 15.3 Å². The molecule has 23 heavy (non-hydrogen) atoms. The maximum atomic E-state index is 12.9. The molecule has 1 heterocycles. The van der Waals surface area contributed by atoms with Crippen LogP contribution >= 0.6 is 11.8 Å². The van der Waals surface area contributed by atoms with Crippen LogP contribution in [0.15, 0.2) is 15.1 Å². The van der Waals surface area contributed by atoms with E-state index in [1.54, 1.807) is 0 Å². The molecule has 3 rings (SSSR count). The molecule has 0 spiro atoms. The van der Waals surface area contributed by atoms with Gasteiger partial charge < -0.3 is 0 Å². The topological polar surface area (TPSA) is 60.1 Å². The van der Waals surface area contributed by atoms with Crippen LogP contribution in [0.3, 0.4) is 0 Å². The van der Waals surface area contributed by atoms with Crippen molar-refractivity contribution >= 4 is 18.0 Å². The standard InChI is InChI=1S/C17H26N4OS/c1-23-17-20-19-15(14-10-6-3-7-11-14)16(22)21(17)18-12-13-8-4-2-5-9-13/h12-14H,2-11H2,1H3. The normalized spacial score (nSPS) is 21.1. The predicted octanol–water partition coefficient (Wildman–Crippen LogP) is 3.82. The summed E-state index contributed by atoms with van der Waals surface area (Å²) in [6, 6.07) is 0. The van der Waals surface area contributed by atoms with Crippen LogP contribution in [0, 0.1) is 5.92 Å². The van der Waals surface area contributed by atoms with Crippen LogP contribution in [0.1, 0.15) is 75.8 Å². The van der Waals surface area contributed by atoms with E-state index in [0.717, 1.165) is 12.8 Å². The van der Waals surface area contributed by atoms with Gasteiger partial charge in [-0.3, -0.25) is 4.79 Å². The minimum absolute atomic E-state index is 0.0664. The van der Waals surface area contributed by atoms with Gasteiger partial charge >= 0.3 is 0 Å². The Hall–Kier alpha value is -1.17. The highest BCUT2D eigenvalue weighted by atomic mass is 32.2. The Kier molecular flexibility index (Phi) is 5.86. The lowest BCUT2D eigenvalue weighted by atomic mass is 9.87. The lowest BCUT2D eigenvalue weighted by Crippen LogP contribution is -2.28. The van der Waals surface area contributed by atoms with Crippen molar-refractivity contribution in [3.8, 4) is 0 Å². The fourth-order valence-corrected chi connectivity index (χ4v) is 4.11. The first kappa shape index (κ1) is 16.7. The van der Waals surface area contributed by atoms with Crippen molar-refractivity contribution in [2.24, 2.45) is 11.0 Å². The maximum Gasteiger partial charge on any atom is 0.297 e. The van der Waals surface area contributed by atoms with Crippen molar-refractivity contribution in [1.82, 2.24) is 14.9 Å². The molecule has 0 amide bonds. The predicted molar refractivity (Wildman–Crippen MR) is 94.4 cm³/mol. The molecule has 0 N–H and O–H groups in total. The van der Waals surface area contributed by atoms with Gasteiger partial charge in [0.1, 0.15) is 5.69 Å². The molecule has 126 valence electrons. The van der Waals surface area contributed by atoms with E-state index in [4.69, 9.17) is 0 Å².